The summed E-state index contributed by atoms with van der Waals surface area (Å²) in [7, 11) is 1.66. The molecule has 3 aromatic rings. The number of methoxy groups -OCH3 is 1. The fraction of sp³-hybridized carbons (Fsp3) is 0.333. The standard InChI is InChI=1S/C21H24ClN5OS/c1-28-19-8-4-17(5-9-19)20-23-21(29)27(24-20)15-26-12-10-25(11-13-26)14-16-2-6-18(22)7-3-16/h2-9H,10-15H2,1H3,(H,23,24,29). The molecule has 0 amide bonds. The van der Waals surface area contributed by atoms with Gasteiger partial charge in [-0.15, -0.1) is 0 Å². The number of hydrogen-bond acceptors (Lipinski definition) is 5. The summed E-state index contributed by atoms with van der Waals surface area (Å²) in [5.74, 6) is 1.60. The van der Waals surface area contributed by atoms with Gasteiger partial charge in [0.1, 0.15) is 5.75 Å². The van der Waals surface area contributed by atoms with E-state index < -0.39 is 0 Å². The molecule has 6 nitrogen and oxygen atoms in total. The molecule has 1 aliphatic rings. The summed E-state index contributed by atoms with van der Waals surface area (Å²) in [5.41, 5.74) is 2.28. The minimum atomic E-state index is 0.569. The molecule has 0 radical (unpaired) electrons. The number of benzene rings is 2. The van der Waals surface area contributed by atoms with Gasteiger partial charge in [-0.3, -0.25) is 14.9 Å². The third-order valence-electron chi connectivity index (χ3n) is 5.17. The Hall–Kier alpha value is -2.19. The molecule has 1 fully saturated rings. The normalized spacial score (nSPS) is 15.5. The molecule has 0 saturated carbocycles. The minimum Gasteiger partial charge on any atom is -0.497 e. The summed E-state index contributed by atoms with van der Waals surface area (Å²) in [6, 6.07) is 15.9. The second-order valence-electron chi connectivity index (χ2n) is 7.17. The monoisotopic (exact) mass is 429 g/mol. The molecule has 152 valence electrons. The SMILES string of the molecule is COc1ccc(-c2nc(=S)n(CN3CCN(Cc4ccc(Cl)cc4)CC3)[nH]2)cc1. The Balaban J connectivity index is 1.34. The van der Waals surface area contributed by atoms with Crippen LogP contribution in [0, 0.1) is 4.77 Å². The minimum absolute atomic E-state index is 0.569. The van der Waals surface area contributed by atoms with E-state index in [1.165, 1.54) is 5.56 Å². The lowest BCUT2D eigenvalue weighted by Gasteiger charge is -2.34. The smallest absolute Gasteiger partial charge is 0.217 e. The van der Waals surface area contributed by atoms with Gasteiger partial charge in [-0.2, -0.15) is 4.98 Å². The molecule has 2 heterocycles. The molecule has 0 aliphatic carbocycles. The topological polar surface area (TPSA) is 49.3 Å². The zero-order chi connectivity index (χ0) is 20.2. The lowest BCUT2D eigenvalue weighted by molar-refractivity contribution is 0.0982. The summed E-state index contributed by atoms with van der Waals surface area (Å²) >= 11 is 11.4. The van der Waals surface area contributed by atoms with E-state index in [0.717, 1.165) is 61.6 Å². The van der Waals surface area contributed by atoms with Crippen LogP contribution in [0.3, 0.4) is 0 Å². The Labute approximate surface area is 180 Å². The van der Waals surface area contributed by atoms with Gasteiger partial charge in [-0.1, -0.05) is 23.7 Å². The molecule has 29 heavy (non-hydrogen) atoms. The highest BCUT2D eigenvalue weighted by Gasteiger charge is 2.18. The van der Waals surface area contributed by atoms with E-state index in [1.807, 2.05) is 41.1 Å². The van der Waals surface area contributed by atoms with Gasteiger partial charge in [0.05, 0.1) is 13.8 Å². The van der Waals surface area contributed by atoms with Crippen molar-refractivity contribution in [2.45, 2.75) is 13.2 Å². The van der Waals surface area contributed by atoms with Gasteiger partial charge in [-0.05, 0) is 54.2 Å². The van der Waals surface area contributed by atoms with E-state index in [9.17, 15) is 0 Å². The Morgan fingerprint density at radius 2 is 1.66 bits per heavy atom. The molecule has 1 N–H and O–H groups in total. The van der Waals surface area contributed by atoms with Gasteiger partial charge < -0.3 is 4.74 Å². The lowest BCUT2D eigenvalue weighted by atomic mass is 10.2. The number of H-pyrrole nitrogens is 1. The van der Waals surface area contributed by atoms with Crippen molar-refractivity contribution in [1.82, 2.24) is 24.6 Å². The maximum Gasteiger partial charge on any atom is 0.217 e. The van der Waals surface area contributed by atoms with E-state index in [-0.39, 0.29) is 0 Å². The highest BCUT2D eigenvalue weighted by atomic mass is 35.5. The third-order valence-corrected chi connectivity index (χ3v) is 5.73. The molecule has 0 bridgehead atoms. The number of halogens is 1. The molecule has 0 unspecified atom stereocenters. The number of hydrogen-bond donors (Lipinski definition) is 1. The van der Waals surface area contributed by atoms with Crippen LogP contribution in [0.2, 0.25) is 5.02 Å². The second kappa shape index (κ2) is 9.09. The molecule has 1 aliphatic heterocycles. The van der Waals surface area contributed by atoms with E-state index in [2.05, 4.69) is 32.0 Å². The van der Waals surface area contributed by atoms with Crippen molar-refractivity contribution in [3.05, 3.63) is 63.9 Å². The molecular formula is C21H24ClN5OS. The van der Waals surface area contributed by atoms with Gasteiger partial charge in [0.15, 0.2) is 5.82 Å². The fourth-order valence-electron chi connectivity index (χ4n) is 3.47. The first-order valence-corrected chi connectivity index (χ1v) is 10.4. The van der Waals surface area contributed by atoms with Crippen LogP contribution in [0.5, 0.6) is 5.75 Å². The number of nitrogens with one attached hydrogen (secondary N) is 1. The number of nitrogens with zero attached hydrogens (tertiary/aromatic N) is 4. The van der Waals surface area contributed by atoms with Crippen molar-refractivity contribution >= 4 is 23.8 Å². The predicted octanol–water partition coefficient (Wildman–Crippen LogP) is 4.04. The molecule has 1 aromatic heterocycles. The largest absolute Gasteiger partial charge is 0.497 e. The first-order chi connectivity index (χ1) is 14.1. The third kappa shape index (κ3) is 5.05. The zero-order valence-corrected chi connectivity index (χ0v) is 17.9. The van der Waals surface area contributed by atoms with Gasteiger partial charge in [0.2, 0.25) is 4.77 Å². The Morgan fingerprint density at radius 3 is 2.31 bits per heavy atom. The van der Waals surface area contributed by atoms with Crippen LogP contribution in [0.4, 0.5) is 0 Å². The Morgan fingerprint density at radius 1 is 1.00 bits per heavy atom. The molecule has 2 aromatic carbocycles. The van der Waals surface area contributed by atoms with Crippen molar-refractivity contribution in [1.29, 1.82) is 0 Å². The molecule has 1 saturated heterocycles. The first-order valence-electron chi connectivity index (χ1n) is 9.61. The summed E-state index contributed by atoms with van der Waals surface area (Å²) in [4.78, 5) is 9.37. The maximum atomic E-state index is 5.97. The zero-order valence-electron chi connectivity index (χ0n) is 16.3. The van der Waals surface area contributed by atoms with Crippen molar-refractivity contribution < 1.29 is 4.74 Å². The number of rotatable bonds is 6. The summed E-state index contributed by atoms with van der Waals surface area (Å²) in [6.07, 6.45) is 0. The molecule has 8 heteroatoms. The van der Waals surface area contributed by atoms with E-state index in [0.29, 0.717) is 4.77 Å². The Bertz CT molecular complexity index is 991. The average Bonchev–Trinajstić information content (AvgIpc) is 3.11. The molecule has 0 atom stereocenters. The number of piperazine rings is 1. The van der Waals surface area contributed by atoms with E-state index >= 15 is 0 Å². The van der Waals surface area contributed by atoms with Crippen LogP contribution < -0.4 is 4.74 Å². The lowest BCUT2D eigenvalue weighted by Crippen LogP contribution is -2.46. The summed E-state index contributed by atoms with van der Waals surface area (Å²) in [5, 5.41) is 4.11. The fourth-order valence-corrected chi connectivity index (χ4v) is 3.79. The van der Waals surface area contributed by atoms with Crippen molar-refractivity contribution in [3.63, 3.8) is 0 Å². The summed E-state index contributed by atoms with van der Waals surface area (Å²) in [6.45, 7) is 5.70. The highest BCUT2D eigenvalue weighted by molar-refractivity contribution is 7.71. The van der Waals surface area contributed by atoms with Crippen molar-refractivity contribution in [3.8, 4) is 17.1 Å². The second-order valence-corrected chi connectivity index (χ2v) is 7.97. The van der Waals surface area contributed by atoms with Crippen molar-refractivity contribution in [2.24, 2.45) is 0 Å². The molecular weight excluding hydrogens is 406 g/mol. The number of aromatic amines is 1. The van der Waals surface area contributed by atoms with Crippen LogP contribution in [0.1, 0.15) is 5.56 Å². The van der Waals surface area contributed by atoms with E-state index in [1.54, 1.807) is 7.11 Å². The molecule has 0 spiro atoms. The number of aromatic nitrogens is 3. The van der Waals surface area contributed by atoms with Crippen LogP contribution in [0.15, 0.2) is 48.5 Å². The number of ether oxygens (including phenoxy) is 1. The average molecular weight is 430 g/mol. The summed E-state index contributed by atoms with van der Waals surface area (Å²) < 4.78 is 7.72. The van der Waals surface area contributed by atoms with Gasteiger partial charge >= 0.3 is 0 Å². The molecule has 4 rings (SSSR count). The van der Waals surface area contributed by atoms with Gasteiger partial charge in [-0.25, -0.2) is 4.68 Å². The highest BCUT2D eigenvalue weighted by Crippen LogP contribution is 2.19. The van der Waals surface area contributed by atoms with Crippen LogP contribution >= 0.6 is 23.8 Å². The van der Waals surface area contributed by atoms with Crippen molar-refractivity contribution in [2.75, 3.05) is 33.3 Å². The predicted molar refractivity (Wildman–Crippen MR) is 118 cm³/mol. The quantitative estimate of drug-likeness (QED) is 0.599. The van der Waals surface area contributed by atoms with E-state index in [4.69, 9.17) is 28.6 Å². The Kier molecular flexibility index (Phi) is 6.30. The van der Waals surface area contributed by atoms with Crippen LogP contribution in [-0.2, 0) is 13.2 Å². The van der Waals surface area contributed by atoms with Gasteiger partial charge in [0.25, 0.3) is 0 Å². The first kappa shape index (κ1) is 20.1. The van der Waals surface area contributed by atoms with Crippen LogP contribution in [-0.4, -0.2) is 57.9 Å². The van der Waals surface area contributed by atoms with Gasteiger partial charge in [0, 0.05) is 43.3 Å². The maximum absolute atomic E-state index is 5.97. The van der Waals surface area contributed by atoms with Crippen LogP contribution in [0.25, 0.3) is 11.4 Å².